The molecular formula is C40H81N10O17P3S. The fraction of sp³-hybridized carbons (Fsp3) is 0.800. The van der Waals surface area contributed by atoms with E-state index in [1.165, 1.54) is 97.3 Å². The van der Waals surface area contributed by atoms with Crippen molar-refractivity contribution in [3.05, 3.63) is 12.7 Å². The number of imidazole rings is 1. The summed E-state index contributed by atoms with van der Waals surface area (Å²) in [5.41, 5.74) is 4.14. The summed E-state index contributed by atoms with van der Waals surface area (Å²) in [6.07, 6.45) is 13.2. The summed E-state index contributed by atoms with van der Waals surface area (Å²) in [4.78, 5) is 94.9. The van der Waals surface area contributed by atoms with E-state index < -0.39 is 84.6 Å². The van der Waals surface area contributed by atoms with Crippen molar-refractivity contribution in [2.75, 3.05) is 37.8 Å². The lowest BCUT2D eigenvalue weighted by atomic mass is 9.87. The first-order valence-electron chi connectivity index (χ1n) is 23.0. The van der Waals surface area contributed by atoms with E-state index in [2.05, 4.69) is 50.4 Å². The van der Waals surface area contributed by atoms with E-state index >= 15 is 0 Å². The van der Waals surface area contributed by atoms with Gasteiger partial charge in [0, 0.05) is 37.1 Å². The molecule has 0 spiro atoms. The van der Waals surface area contributed by atoms with Crippen molar-refractivity contribution >= 4 is 69.1 Å². The van der Waals surface area contributed by atoms with Gasteiger partial charge in [-0.3, -0.25) is 32.6 Å². The minimum Gasteiger partial charge on any atom is -0.756 e. The molecule has 3 heterocycles. The molecule has 1 aliphatic rings. The molecule has 4 unspecified atom stereocenters. The molecule has 1 fully saturated rings. The van der Waals surface area contributed by atoms with Crippen LogP contribution in [0, 0.1) is 5.41 Å². The first-order chi connectivity index (χ1) is 32.1. The summed E-state index contributed by atoms with van der Waals surface area (Å²) in [5, 5.41) is 26.5. The zero-order valence-corrected chi connectivity index (χ0v) is 45.5. The monoisotopic (exact) mass is 1100 g/mol. The minimum atomic E-state index is -5.90. The normalized spacial score (nSPS) is 19.8. The summed E-state index contributed by atoms with van der Waals surface area (Å²) < 4.78 is 61.2. The largest absolute Gasteiger partial charge is 0.756 e. The van der Waals surface area contributed by atoms with Crippen LogP contribution in [0.4, 0.5) is 5.82 Å². The Labute approximate surface area is 419 Å². The standard InChI is InChI=1S/C40H72N7O17P3S.3H3N/c1-4-5-6-7-8-9-10-11-12-13-14-15-16-17-18-19-20-31(49)68-24-23-42-30(48)21-22-43-38(52)35(51)40(2,3)26-61-67(58,59)64-66(56,57)60-25-29-34(63-65(53,54)55)33(50)39(62-29)47-28-46-32-36(41)44-27-45-37(32)47;;;/h27-29,33-35,39,50-51H,4-26H2,1-3H3,(H,42,48)(H,43,52)(H,56,57)(H,58,59)(H2,41,44,45)(H2,53,54,55);3*1H3/t29-,33?,34+,35+,39-;;;/m1.../s1. The maximum absolute atomic E-state index is 12.6. The Morgan fingerprint density at radius 3 is 1.96 bits per heavy atom. The van der Waals surface area contributed by atoms with Crippen LogP contribution in [-0.2, 0) is 50.7 Å². The lowest BCUT2D eigenvalue weighted by Gasteiger charge is -2.35. The number of anilines is 1. The molecule has 2 aromatic heterocycles. The van der Waals surface area contributed by atoms with E-state index in [4.69, 9.17) is 10.5 Å². The van der Waals surface area contributed by atoms with Crippen LogP contribution in [0.25, 0.3) is 11.2 Å². The van der Waals surface area contributed by atoms with Gasteiger partial charge in [-0.25, -0.2) is 19.3 Å². The molecule has 1 aliphatic heterocycles. The van der Waals surface area contributed by atoms with Crippen LogP contribution in [0.15, 0.2) is 12.7 Å². The van der Waals surface area contributed by atoms with Gasteiger partial charge in [0.25, 0.3) is 23.5 Å². The number of carbonyl (C=O) groups is 3. The number of fused-ring (bicyclic) bond motifs is 1. The quantitative estimate of drug-likeness (QED) is 0.0334. The van der Waals surface area contributed by atoms with Crippen LogP contribution in [-0.4, -0.2) is 108 Å². The number of amides is 2. The van der Waals surface area contributed by atoms with Gasteiger partial charge in [-0.15, -0.1) is 0 Å². The number of nitrogens with zero attached hydrogens (tertiary/aromatic N) is 4. The number of aliphatic hydroxyl groups is 2. The van der Waals surface area contributed by atoms with Gasteiger partial charge in [0.15, 0.2) is 22.8 Å². The van der Waals surface area contributed by atoms with Crippen LogP contribution < -0.4 is 49.5 Å². The van der Waals surface area contributed by atoms with Crippen LogP contribution >= 0.6 is 35.2 Å². The molecule has 0 radical (unpaired) electrons. The summed E-state index contributed by atoms with van der Waals surface area (Å²) >= 11 is 1.15. The van der Waals surface area contributed by atoms with E-state index in [1.807, 2.05) is 0 Å². The number of hydrogen-bond donors (Lipinski definition) is 9. The fourth-order valence-corrected chi connectivity index (χ4v) is 10.6. The molecule has 0 bridgehead atoms. The van der Waals surface area contributed by atoms with Gasteiger partial charge >= 0.3 is 0 Å². The molecule has 0 aliphatic carbocycles. The van der Waals surface area contributed by atoms with Crippen molar-refractivity contribution in [3.63, 3.8) is 0 Å². The maximum atomic E-state index is 12.6. The molecule has 31 heteroatoms. The first-order valence-corrected chi connectivity index (χ1v) is 28.5. The minimum absolute atomic E-state index is 0. The smallest absolute Gasteiger partial charge is 0.274 e. The van der Waals surface area contributed by atoms with Gasteiger partial charge in [0.05, 0.1) is 19.5 Å². The third kappa shape index (κ3) is 26.0. The molecule has 2 amide bonds. The van der Waals surface area contributed by atoms with E-state index in [0.29, 0.717) is 12.2 Å². The van der Waals surface area contributed by atoms with Gasteiger partial charge in [-0.1, -0.05) is 129 Å². The van der Waals surface area contributed by atoms with Crippen molar-refractivity contribution in [1.82, 2.24) is 48.6 Å². The van der Waals surface area contributed by atoms with Gasteiger partial charge in [0.2, 0.25) is 11.8 Å². The van der Waals surface area contributed by atoms with Crippen molar-refractivity contribution in [2.24, 2.45) is 5.41 Å². The molecule has 8 atom stereocenters. The lowest BCUT2D eigenvalue weighted by Crippen LogP contribution is -2.46. The Kier molecular flexibility index (Phi) is 32.9. The number of ether oxygens (including phenoxy) is 1. The van der Waals surface area contributed by atoms with Crippen molar-refractivity contribution in [3.8, 4) is 0 Å². The number of unbranched alkanes of at least 4 members (excludes halogenated alkanes) is 15. The van der Waals surface area contributed by atoms with Gasteiger partial charge in [-0.2, -0.15) is 0 Å². The molecule has 0 aromatic carbocycles. The van der Waals surface area contributed by atoms with E-state index in [-0.39, 0.29) is 60.1 Å². The zero-order chi connectivity index (χ0) is 50.4. The van der Waals surface area contributed by atoms with E-state index in [1.54, 1.807) is 0 Å². The van der Waals surface area contributed by atoms with Crippen LogP contribution in [0.5, 0.6) is 0 Å². The number of hydrogen-bond acceptors (Lipinski definition) is 21. The number of carbonyl (C=O) groups excluding carboxylic acids is 3. The number of thioether (sulfide) groups is 1. The third-order valence-electron chi connectivity index (χ3n) is 11.0. The zero-order valence-electron chi connectivity index (χ0n) is 42.0. The Hall–Kier alpha value is -2.56. The maximum Gasteiger partial charge on any atom is 0.274 e. The number of nitrogens with two attached hydrogens (primary N) is 1. The summed E-state index contributed by atoms with van der Waals surface area (Å²) in [7, 11) is -17.3. The number of rotatable bonds is 36. The summed E-state index contributed by atoms with van der Waals surface area (Å²) in [6.45, 7) is 2.48. The van der Waals surface area contributed by atoms with Crippen molar-refractivity contribution in [2.45, 2.75) is 167 Å². The molecule has 1 saturated heterocycles. The Balaban J connectivity index is 0.0000163. The number of nitrogen functional groups attached to an aromatic ring is 1. The Morgan fingerprint density at radius 1 is 0.845 bits per heavy atom. The highest BCUT2D eigenvalue weighted by molar-refractivity contribution is 8.13. The molecule has 3 rings (SSSR count). The molecule has 27 nitrogen and oxygen atoms in total. The van der Waals surface area contributed by atoms with Gasteiger partial charge in [-0.05, 0) is 6.42 Å². The number of phosphoric acid groups is 3. The van der Waals surface area contributed by atoms with Crippen LogP contribution in [0.3, 0.4) is 0 Å². The highest BCUT2D eigenvalue weighted by atomic mass is 32.2. The average Bonchev–Trinajstić information content (AvgIpc) is 3.83. The highest BCUT2D eigenvalue weighted by Gasteiger charge is 2.48. The van der Waals surface area contributed by atoms with Crippen molar-refractivity contribution < 1.29 is 80.5 Å². The SMILES string of the molecule is CCCCCCCCCCCCCCCCCCC(=O)SCCNC(=O)CCNC(=O)[C@H](O)C(C)(C)COP(=O)([O-])OP(=O)([O-])OC[C@H]1O[C@@H](n2cnc3c(N)ncnc32)C(O)[C@H]1OP(=O)([O-])O.[NH4+].[NH4+].[NH4+]. The molecule has 2 aromatic rings. The average molecular weight is 1100 g/mol. The third-order valence-corrected chi connectivity index (χ3v) is 14.9. The topological polar surface area (TPSA) is 482 Å². The lowest BCUT2D eigenvalue weighted by molar-refractivity contribution is -0.247. The number of aromatic nitrogens is 4. The fourth-order valence-electron chi connectivity index (χ4n) is 7.17. The number of phosphoric ester groups is 3. The van der Waals surface area contributed by atoms with Crippen LogP contribution in [0.2, 0.25) is 0 Å². The predicted octanol–water partition coefficient (Wildman–Crippen LogP) is 4.55. The molecular weight excluding hydrogens is 1020 g/mol. The number of aliphatic hydroxyl groups excluding tert-OH is 2. The molecule has 0 saturated carbocycles. The Morgan fingerprint density at radius 2 is 1.39 bits per heavy atom. The molecule has 414 valence electrons. The van der Waals surface area contributed by atoms with E-state index in [9.17, 15) is 57.9 Å². The summed E-state index contributed by atoms with van der Waals surface area (Å²) in [5.74, 6) is -1.10. The van der Waals surface area contributed by atoms with E-state index in [0.717, 1.165) is 48.2 Å². The Bertz CT molecular complexity index is 2020. The van der Waals surface area contributed by atoms with Gasteiger partial charge in [0.1, 0.15) is 36.3 Å². The van der Waals surface area contributed by atoms with Gasteiger partial charge < -0.3 is 82.9 Å². The second-order valence-electron chi connectivity index (χ2n) is 17.3. The highest BCUT2D eigenvalue weighted by Crippen LogP contribution is 2.56. The number of nitrogens with one attached hydrogen (secondary N) is 2. The predicted molar refractivity (Wildman–Crippen MR) is 263 cm³/mol. The van der Waals surface area contributed by atoms with Crippen LogP contribution in [0.1, 0.15) is 143 Å². The number of quaternary nitrogens is 3. The van der Waals surface area contributed by atoms with Crippen molar-refractivity contribution in [1.29, 1.82) is 0 Å². The molecule has 19 N–H and O–H groups in total. The molecule has 71 heavy (non-hydrogen) atoms. The second kappa shape index (κ2) is 34.1. The summed E-state index contributed by atoms with van der Waals surface area (Å²) in [6, 6.07) is 0. The first kappa shape index (κ1) is 68.4. The second-order valence-corrected chi connectivity index (χ2v) is 22.5.